The van der Waals surface area contributed by atoms with Crippen LogP contribution < -0.4 is 0 Å². The monoisotopic (exact) mass is 1060 g/mol. The van der Waals surface area contributed by atoms with Gasteiger partial charge in [0.25, 0.3) is 0 Å². The van der Waals surface area contributed by atoms with Gasteiger partial charge in [-0.15, -0.1) is 0 Å². The van der Waals surface area contributed by atoms with Gasteiger partial charge in [0.15, 0.2) is 6.10 Å². The molecule has 0 saturated carbocycles. The van der Waals surface area contributed by atoms with Crippen molar-refractivity contribution in [1.29, 1.82) is 0 Å². The van der Waals surface area contributed by atoms with E-state index in [-0.39, 0.29) is 31.1 Å². The Bertz CT molecular complexity index is 1650. The van der Waals surface area contributed by atoms with Crippen LogP contribution in [-0.2, 0) is 28.6 Å². The van der Waals surface area contributed by atoms with Crippen molar-refractivity contribution in [1.82, 2.24) is 0 Å². The fourth-order valence-corrected chi connectivity index (χ4v) is 8.39. The van der Waals surface area contributed by atoms with E-state index in [4.69, 9.17) is 14.2 Å². The van der Waals surface area contributed by atoms with Crippen LogP contribution in [0.3, 0.4) is 0 Å². The zero-order chi connectivity index (χ0) is 55.7. The standard InChI is InChI=1S/C71H116O6/c1-4-7-10-13-16-19-22-25-28-29-30-31-32-33-34-35-36-37-38-39-40-41-42-43-44-47-49-52-55-58-61-64-70(73)76-67-68(77-71(74)65-62-59-56-53-50-46-27-24-21-18-15-12-9-6-3)66-75-69(72)63-60-57-54-51-48-45-26-23-20-17-14-11-8-5-2/h7,10,15-16,18-19,24-25,27-28,30-31,33-34,36-37,39-40,42-43,47,49,68H,4-6,8-9,11-14,17,20-23,26,29,32,35,38,41,44-46,48,50-67H2,1-3H3/b10-7-,18-15-,19-16-,27-24-,28-25-,31-30-,34-33-,37-36-,40-39-,43-42-,49-47-. The number of ether oxygens (including phenoxy) is 3. The molecule has 0 aromatic rings. The van der Waals surface area contributed by atoms with E-state index in [1.165, 1.54) is 89.9 Å². The second-order valence-corrected chi connectivity index (χ2v) is 20.6. The number of esters is 3. The predicted molar refractivity (Wildman–Crippen MR) is 334 cm³/mol. The summed E-state index contributed by atoms with van der Waals surface area (Å²) in [5, 5.41) is 0. The van der Waals surface area contributed by atoms with E-state index < -0.39 is 6.10 Å². The molecule has 436 valence electrons. The third kappa shape index (κ3) is 62.3. The summed E-state index contributed by atoms with van der Waals surface area (Å²) in [7, 11) is 0. The number of carbonyl (C=O) groups is 3. The van der Waals surface area contributed by atoms with Crippen LogP contribution in [0, 0.1) is 0 Å². The van der Waals surface area contributed by atoms with Crippen molar-refractivity contribution in [3.63, 3.8) is 0 Å². The molecule has 0 radical (unpaired) electrons. The SMILES string of the molecule is CC/C=C\C/C=C\C/C=C\C/C=C\C/C=C\C/C=C\C/C=C\C/C=C\C/C=C\CCCCCC(=O)OCC(COC(=O)CCCCCCCCCCCCCCCC)OC(=O)CCCCCCC/C=C\C/C=C\CCCC. The highest BCUT2D eigenvalue weighted by molar-refractivity contribution is 5.71. The number of hydrogen-bond acceptors (Lipinski definition) is 6. The summed E-state index contributed by atoms with van der Waals surface area (Å²) in [4.78, 5) is 38.2. The van der Waals surface area contributed by atoms with Crippen molar-refractivity contribution in [3.8, 4) is 0 Å². The number of hydrogen-bond donors (Lipinski definition) is 0. The van der Waals surface area contributed by atoms with E-state index in [0.29, 0.717) is 19.3 Å². The van der Waals surface area contributed by atoms with Crippen LogP contribution in [0.4, 0.5) is 0 Å². The summed E-state index contributed by atoms with van der Waals surface area (Å²) >= 11 is 0. The van der Waals surface area contributed by atoms with Crippen molar-refractivity contribution >= 4 is 17.9 Å². The Labute approximate surface area is 475 Å². The molecule has 77 heavy (non-hydrogen) atoms. The quantitative estimate of drug-likeness (QED) is 0.0261. The largest absolute Gasteiger partial charge is 0.462 e. The Morgan fingerprint density at radius 1 is 0.273 bits per heavy atom. The van der Waals surface area contributed by atoms with Gasteiger partial charge < -0.3 is 14.2 Å². The third-order valence-corrected chi connectivity index (χ3v) is 13.1. The van der Waals surface area contributed by atoms with Crippen LogP contribution in [0.2, 0.25) is 0 Å². The van der Waals surface area contributed by atoms with Crippen LogP contribution in [0.15, 0.2) is 134 Å². The Morgan fingerprint density at radius 2 is 0.519 bits per heavy atom. The highest BCUT2D eigenvalue weighted by atomic mass is 16.6. The molecule has 0 rings (SSSR count). The molecule has 0 spiro atoms. The number of unbranched alkanes of at least 4 members (excludes halogenated alkanes) is 23. The molecule has 0 fully saturated rings. The smallest absolute Gasteiger partial charge is 0.306 e. The minimum absolute atomic E-state index is 0.0954. The van der Waals surface area contributed by atoms with Gasteiger partial charge in [0.2, 0.25) is 0 Å². The van der Waals surface area contributed by atoms with Gasteiger partial charge in [-0.3, -0.25) is 14.4 Å². The van der Waals surface area contributed by atoms with E-state index in [1.54, 1.807) is 0 Å². The van der Waals surface area contributed by atoms with Gasteiger partial charge in [0.05, 0.1) is 0 Å². The zero-order valence-electron chi connectivity index (χ0n) is 49.9. The second-order valence-electron chi connectivity index (χ2n) is 20.6. The number of allylic oxidation sites excluding steroid dienone is 22. The van der Waals surface area contributed by atoms with Crippen LogP contribution in [0.1, 0.15) is 278 Å². The lowest BCUT2D eigenvalue weighted by Crippen LogP contribution is -2.30. The maximum Gasteiger partial charge on any atom is 0.306 e. The minimum Gasteiger partial charge on any atom is -0.462 e. The Hall–Kier alpha value is -4.45. The summed E-state index contributed by atoms with van der Waals surface area (Å²) in [6.45, 7) is 6.45. The Kier molecular flexibility index (Phi) is 60.4. The van der Waals surface area contributed by atoms with Crippen LogP contribution in [0.25, 0.3) is 0 Å². The van der Waals surface area contributed by atoms with Crippen molar-refractivity contribution in [3.05, 3.63) is 134 Å². The molecule has 0 aromatic heterocycles. The molecule has 0 aliphatic heterocycles. The van der Waals surface area contributed by atoms with Gasteiger partial charge in [0, 0.05) is 19.3 Å². The summed E-state index contributed by atoms with van der Waals surface area (Å²) in [5.74, 6) is -0.942. The average Bonchev–Trinajstić information content (AvgIpc) is 3.43. The summed E-state index contributed by atoms with van der Waals surface area (Å²) in [6.07, 6.45) is 90.2. The molecule has 0 heterocycles. The highest BCUT2D eigenvalue weighted by Gasteiger charge is 2.19. The lowest BCUT2D eigenvalue weighted by molar-refractivity contribution is -0.167. The molecular weight excluding hydrogens is 949 g/mol. The van der Waals surface area contributed by atoms with Gasteiger partial charge in [-0.25, -0.2) is 0 Å². The lowest BCUT2D eigenvalue weighted by atomic mass is 10.0. The molecule has 0 aromatic carbocycles. The Balaban J connectivity index is 4.38. The van der Waals surface area contributed by atoms with Crippen molar-refractivity contribution < 1.29 is 28.6 Å². The van der Waals surface area contributed by atoms with E-state index >= 15 is 0 Å². The molecule has 0 aliphatic carbocycles. The minimum atomic E-state index is -0.802. The first-order valence-electron chi connectivity index (χ1n) is 31.7. The molecule has 0 amide bonds. The molecule has 6 heteroatoms. The van der Waals surface area contributed by atoms with Gasteiger partial charge in [-0.05, 0) is 116 Å². The number of carbonyl (C=O) groups excluding carboxylic acids is 3. The predicted octanol–water partition coefficient (Wildman–Crippen LogP) is 21.8. The van der Waals surface area contributed by atoms with Gasteiger partial charge in [-0.1, -0.05) is 276 Å². The van der Waals surface area contributed by atoms with Gasteiger partial charge in [0.1, 0.15) is 13.2 Å². The molecule has 0 bridgehead atoms. The molecule has 0 N–H and O–H groups in total. The van der Waals surface area contributed by atoms with Crippen LogP contribution in [0.5, 0.6) is 0 Å². The summed E-state index contributed by atoms with van der Waals surface area (Å²) in [5.41, 5.74) is 0. The van der Waals surface area contributed by atoms with E-state index in [1.807, 2.05) is 0 Å². The molecule has 0 saturated heterocycles. The summed E-state index contributed by atoms with van der Waals surface area (Å²) in [6, 6.07) is 0. The van der Waals surface area contributed by atoms with Crippen molar-refractivity contribution in [2.75, 3.05) is 13.2 Å². The average molecular weight is 1070 g/mol. The van der Waals surface area contributed by atoms with Crippen molar-refractivity contribution in [2.45, 2.75) is 284 Å². The highest BCUT2D eigenvalue weighted by Crippen LogP contribution is 2.15. The normalized spacial score (nSPS) is 13.0. The van der Waals surface area contributed by atoms with Gasteiger partial charge >= 0.3 is 17.9 Å². The lowest BCUT2D eigenvalue weighted by Gasteiger charge is -2.18. The Morgan fingerprint density at radius 3 is 0.844 bits per heavy atom. The second kappa shape index (κ2) is 64.1. The third-order valence-electron chi connectivity index (χ3n) is 13.1. The van der Waals surface area contributed by atoms with Gasteiger partial charge in [-0.2, -0.15) is 0 Å². The molecule has 6 nitrogen and oxygen atoms in total. The fourth-order valence-electron chi connectivity index (χ4n) is 8.39. The zero-order valence-corrected chi connectivity index (χ0v) is 49.9. The van der Waals surface area contributed by atoms with E-state index in [2.05, 4.69) is 154 Å². The van der Waals surface area contributed by atoms with Crippen LogP contribution >= 0.6 is 0 Å². The first kappa shape index (κ1) is 72.5. The molecule has 1 atom stereocenters. The maximum absolute atomic E-state index is 12.9. The topological polar surface area (TPSA) is 78.9 Å². The number of rotatable bonds is 56. The van der Waals surface area contributed by atoms with Crippen LogP contribution in [-0.4, -0.2) is 37.2 Å². The molecular formula is C71H116O6. The summed E-state index contributed by atoms with van der Waals surface area (Å²) < 4.78 is 16.9. The maximum atomic E-state index is 12.9. The van der Waals surface area contributed by atoms with E-state index in [9.17, 15) is 14.4 Å². The van der Waals surface area contributed by atoms with E-state index in [0.717, 1.165) is 148 Å². The van der Waals surface area contributed by atoms with Crippen molar-refractivity contribution in [2.24, 2.45) is 0 Å². The fraction of sp³-hybridized carbons (Fsp3) is 0.648. The first-order valence-corrected chi connectivity index (χ1v) is 31.7. The molecule has 0 aliphatic rings. The molecule has 1 unspecified atom stereocenters. The first-order chi connectivity index (χ1) is 38.0.